The number of nitrogens with zero attached hydrogens (tertiary/aromatic N) is 2. The van der Waals surface area contributed by atoms with Crippen molar-refractivity contribution in [3.8, 4) is 10.6 Å². The number of benzene rings is 2. The molecule has 2 heterocycles. The zero-order chi connectivity index (χ0) is 22.1. The quantitative estimate of drug-likeness (QED) is 0.331. The number of carboxylic acids is 1. The van der Waals surface area contributed by atoms with Gasteiger partial charge in [-0.2, -0.15) is 0 Å². The molecule has 0 unspecified atom stereocenters. The molecule has 0 atom stereocenters. The Hall–Kier alpha value is -3.32. The first kappa shape index (κ1) is 20.6. The zero-order valence-electron chi connectivity index (χ0n) is 17.3. The lowest BCUT2D eigenvalue weighted by molar-refractivity contribution is -0.137. The number of pyridine rings is 1. The number of carbonyl (C=O) groups is 1. The lowest BCUT2D eigenvalue weighted by Gasteiger charge is -2.14. The molecule has 2 aromatic heterocycles. The van der Waals surface area contributed by atoms with Gasteiger partial charge in [0.05, 0.1) is 5.69 Å². The van der Waals surface area contributed by atoms with Crippen LogP contribution in [0, 0.1) is 5.82 Å². The number of nitrogens with one attached hydrogen (secondary N) is 1. The third kappa shape index (κ3) is 3.96. The van der Waals surface area contributed by atoms with E-state index in [0.717, 1.165) is 28.9 Å². The third-order valence-corrected chi connectivity index (χ3v) is 6.92. The summed E-state index contributed by atoms with van der Waals surface area (Å²) < 4.78 is 14.8. The van der Waals surface area contributed by atoms with E-state index < -0.39 is 5.97 Å². The fraction of sp³-hybridized carbons (Fsp3) is 0.240. The maximum Gasteiger partial charge on any atom is 0.303 e. The summed E-state index contributed by atoms with van der Waals surface area (Å²) >= 11 is 1.40. The van der Waals surface area contributed by atoms with E-state index in [-0.39, 0.29) is 17.7 Å². The Kier molecular flexibility index (Phi) is 5.35. The van der Waals surface area contributed by atoms with Gasteiger partial charge in [-0.05, 0) is 55.2 Å². The highest BCUT2D eigenvalue weighted by Gasteiger charge is 2.47. The third-order valence-electron chi connectivity index (χ3n) is 5.92. The maximum atomic E-state index is 14.8. The first-order valence-corrected chi connectivity index (χ1v) is 11.5. The van der Waals surface area contributed by atoms with E-state index in [2.05, 4.69) is 34.6 Å². The molecule has 0 aliphatic heterocycles. The molecule has 0 amide bonds. The van der Waals surface area contributed by atoms with Crippen LogP contribution in [0.2, 0.25) is 0 Å². The van der Waals surface area contributed by atoms with Crippen molar-refractivity contribution in [3.05, 3.63) is 77.7 Å². The van der Waals surface area contributed by atoms with E-state index in [9.17, 15) is 9.18 Å². The van der Waals surface area contributed by atoms with Crippen molar-refractivity contribution in [2.45, 2.75) is 31.1 Å². The molecule has 0 bridgehead atoms. The van der Waals surface area contributed by atoms with Crippen molar-refractivity contribution in [1.29, 1.82) is 0 Å². The van der Waals surface area contributed by atoms with Crippen molar-refractivity contribution >= 4 is 33.3 Å². The highest BCUT2D eigenvalue weighted by Crippen LogP contribution is 2.53. The summed E-state index contributed by atoms with van der Waals surface area (Å²) in [5.41, 5.74) is 4.15. The summed E-state index contributed by atoms with van der Waals surface area (Å²) in [5.74, 6) is -1.20. The zero-order valence-corrected chi connectivity index (χ0v) is 18.2. The molecule has 32 heavy (non-hydrogen) atoms. The van der Waals surface area contributed by atoms with Crippen LogP contribution in [0.4, 0.5) is 10.1 Å². The number of carboxylic acid groups (broad SMARTS) is 1. The van der Waals surface area contributed by atoms with Crippen molar-refractivity contribution < 1.29 is 14.3 Å². The minimum absolute atomic E-state index is 0.0151. The molecule has 0 spiro atoms. The minimum atomic E-state index is -0.836. The smallest absolute Gasteiger partial charge is 0.303 e. The highest BCUT2D eigenvalue weighted by molar-refractivity contribution is 7.21. The first-order chi connectivity index (χ1) is 15.5. The van der Waals surface area contributed by atoms with Gasteiger partial charge in [-0.3, -0.25) is 4.79 Å². The number of aromatic nitrogens is 2. The molecule has 2 N–H and O–H groups in total. The second-order valence-electron chi connectivity index (χ2n) is 8.11. The maximum absolute atomic E-state index is 14.8. The summed E-state index contributed by atoms with van der Waals surface area (Å²) in [4.78, 5) is 20.9. The molecule has 5 rings (SSSR count). The Morgan fingerprint density at radius 3 is 2.62 bits per heavy atom. The van der Waals surface area contributed by atoms with Crippen LogP contribution >= 0.6 is 11.3 Å². The minimum Gasteiger partial charge on any atom is -0.481 e. The van der Waals surface area contributed by atoms with Gasteiger partial charge < -0.3 is 10.4 Å². The van der Waals surface area contributed by atoms with Crippen LogP contribution in [0.15, 0.2) is 60.7 Å². The first-order valence-electron chi connectivity index (χ1n) is 10.6. The highest BCUT2D eigenvalue weighted by atomic mass is 32.1. The number of aliphatic carboxylic acids is 1. The van der Waals surface area contributed by atoms with E-state index in [0.29, 0.717) is 29.2 Å². The van der Waals surface area contributed by atoms with Crippen LogP contribution in [0.1, 0.15) is 36.9 Å². The molecule has 1 saturated carbocycles. The van der Waals surface area contributed by atoms with Crippen LogP contribution in [0.5, 0.6) is 0 Å². The van der Waals surface area contributed by atoms with Gasteiger partial charge in [-0.15, -0.1) is 0 Å². The molecule has 0 saturated heterocycles. The number of anilines is 1. The van der Waals surface area contributed by atoms with Crippen LogP contribution in [0.3, 0.4) is 0 Å². The average Bonchev–Trinajstić information content (AvgIpc) is 3.50. The van der Waals surface area contributed by atoms with Crippen molar-refractivity contribution in [2.75, 3.05) is 11.9 Å². The van der Waals surface area contributed by atoms with Crippen molar-refractivity contribution in [3.63, 3.8) is 0 Å². The number of hydrogen-bond donors (Lipinski definition) is 2. The Balaban J connectivity index is 1.38. The van der Waals surface area contributed by atoms with Gasteiger partial charge in [0.15, 0.2) is 0 Å². The monoisotopic (exact) mass is 447 g/mol. The van der Waals surface area contributed by atoms with E-state index in [4.69, 9.17) is 10.1 Å². The predicted molar refractivity (Wildman–Crippen MR) is 125 cm³/mol. The molecular weight excluding hydrogens is 425 g/mol. The topological polar surface area (TPSA) is 75.1 Å². The molecule has 162 valence electrons. The molecule has 1 fully saturated rings. The predicted octanol–water partition coefficient (Wildman–Crippen LogP) is 5.85. The molecule has 1 aliphatic carbocycles. The van der Waals surface area contributed by atoms with Crippen LogP contribution < -0.4 is 5.32 Å². The van der Waals surface area contributed by atoms with Gasteiger partial charge in [-0.25, -0.2) is 14.4 Å². The molecule has 2 aromatic carbocycles. The Bertz CT molecular complexity index is 1290. The number of halogens is 1. The summed E-state index contributed by atoms with van der Waals surface area (Å²) in [6, 6.07) is 19.4. The fourth-order valence-corrected chi connectivity index (χ4v) is 5.01. The van der Waals surface area contributed by atoms with Gasteiger partial charge in [0.25, 0.3) is 0 Å². The lowest BCUT2D eigenvalue weighted by atomic mass is 9.92. The summed E-state index contributed by atoms with van der Waals surface area (Å²) in [5, 5.41) is 12.4. The van der Waals surface area contributed by atoms with Crippen molar-refractivity contribution in [1.82, 2.24) is 9.97 Å². The Morgan fingerprint density at radius 2 is 1.91 bits per heavy atom. The molecule has 7 heteroatoms. The molecule has 5 nitrogen and oxygen atoms in total. The van der Waals surface area contributed by atoms with Gasteiger partial charge in [0.1, 0.15) is 21.2 Å². The Morgan fingerprint density at radius 1 is 1.09 bits per heavy atom. The number of thiazole rings is 1. The van der Waals surface area contributed by atoms with Crippen LogP contribution in [-0.4, -0.2) is 27.6 Å². The van der Waals surface area contributed by atoms with E-state index in [1.807, 2.05) is 18.2 Å². The van der Waals surface area contributed by atoms with Gasteiger partial charge in [-0.1, -0.05) is 41.7 Å². The second-order valence-corrected chi connectivity index (χ2v) is 9.08. The van der Waals surface area contributed by atoms with Gasteiger partial charge in [0.2, 0.25) is 0 Å². The molecule has 0 radical (unpaired) electrons. The standard InChI is InChI=1S/C25H22FN3O2S/c26-19-15-17(27-14-4-7-22(30)31)8-9-18(19)23-28-20-10-11-21(29-24(20)32-23)25(12-13-25)16-5-2-1-3-6-16/h1-3,5-6,8-11,15,27H,4,7,12-14H2,(H,30,31). The second kappa shape index (κ2) is 8.31. The number of rotatable bonds is 8. The normalized spacial score (nSPS) is 14.4. The van der Waals surface area contributed by atoms with E-state index in [1.165, 1.54) is 23.0 Å². The van der Waals surface area contributed by atoms with Crippen molar-refractivity contribution in [2.24, 2.45) is 0 Å². The van der Waals surface area contributed by atoms with Gasteiger partial charge in [0, 0.05) is 29.6 Å². The number of fused-ring (bicyclic) bond motifs is 1. The van der Waals surface area contributed by atoms with Crippen LogP contribution in [0.25, 0.3) is 20.9 Å². The molecule has 1 aliphatic rings. The largest absolute Gasteiger partial charge is 0.481 e. The summed E-state index contributed by atoms with van der Waals surface area (Å²) in [7, 11) is 0. The lowest BCUT2D eigenvalue weighted by Crippen LogP contribution is -2.10. The summed E-state index contributed by atoms with van der Waals surface area (Å²) in [6.07, 6.45) is 2.72. The van der Waals surface area contributed by atoms with E-state index >= 15 is 0 Å². The van der Waals surface area contributed by atoms with Crippen LogP contribution in [-0.2, 0) is 10.2 Å². The number of hydrogen-bond acceptors (Lipinski definition) is 5. The SMILES string of the molecule is O=C(O)CCCNc1ccc(-c2nc3ccc(C4(c5ccccc5)CC4)nc3s2)c(F)c1. The fourth-order valence-electron chi connectivity index (χ4n) is 4.04. The summed E-state index contributed by atoms with van der Waals surface area (Å²) in [6.45, 7) is 0.474. The molecular formula is C25H22FN3O2S. The Labute approximate surface area is 189 Å². The van der Waals surface area contributed by atoms with Gasteiger partial charge >= 0.3 is 5.97 Å². The molecule has 4 aromatic rings. The average molecular weight is 448 g/mol. The van der Waals surface area contributed by atoms with E-state index in [1.54, 1.807) is 12.1 Å².